The first-order chi connectivity index (χ1) is 13.9. The van der Waals surface area contributed by atoms with Crippen LogP contribution in [0.15, 0.2) is 54.7 Å². The Kier molecular flexibility index (Phi) is 5.72. The van der Waals surface area contributed by atoms with Crippen LogP contribution >= 0.6 is 0 Å². The van der Waals surface area contributed by atoms with E-state index in [9.17, 15) is 18.4 Å². The SMILES string of the molecule is CCOC(=O)C(F)(F)c1ccc(NC(=O)c2ccc(OC)cc2)c2ncccc12. The fourth-order valence-corrected chi connectivity index (χ4v) is 2.82. The van der Waals surface area contributed by atoms with Gasteiger partial charge >= 0.3 is 11.9 Å². The lowest BCUT2D eigenvalue weighted by Crippen LogP contribution is -2.28. The molecule has 0 spiro atoms. The maximum atomic E-state index is 14.6. The molecule has 8 heteroatoms. The van der Waals surface area contributed by atoms with Gasteiger partial charge in [-0.1, -0.05) is 6.07 Å². The minimum Gasteiger partial charge on any atom is -0.497 e. The Bertz CT molecular complexity index is 1050. The topological polar surface area (TPSA) is 77.5 Å². The number of pyridine rings is 1. The van der Waals surface area contributed by atoms with Crippen LogP contribution in [-0.4, -0.2) is 30.6 Å². The molecular weight excluding hydrogens is 382 g/mol. The van der Waals surface area contributed by atoms with Crippen LogP contribution in [0.5, 0.6) is 5.75 Å². The molecule has 0 aliphatic heterocycles. The van der Waals surface area contributed by atoms with Crippen LogP contribution in [0.2, 0.25) is 0 Å². The predicted molar refractivity (Wildman–Crippen MR) is 103 cm³/mol. The summed E-state index contributed by atoms with van der Waals surface area (Å²) in [4.78, 5) is 28.4. The number of nitrogens with zero attached hydrogens (tertiary/aromatic N) is 1. The molecule has 0 saturated carbocycles. The zero-order valence-corrected chi connectivity index (χ0v) is 15.7. The normalized spacial score (nSPS) is 11.2. The predicted octanol–water partition coefficient (Wildman–Crippen LogP) is 4.15. The molecule has 3 aromatic rings. The van der Waals surface area contributed by atoms with Crippen LogP contribution in [0.3, 0.4) is 0 Å². The van der Waals surface area contributed by atoms with Gasteiger partial charge in [-0.15, -0.1) is 0 Å². The molecule has 150 valence electrons. The van der Waals surface area contributed by atoms with E-state index in [2.05, 4.69) is 15.0 Å². The summed E-state index contributed by atoms with van der Waals surface area (Å²) in [5.41, 5.74) is 0.193. The molecule has 3 rings (SSSR count). The van der Waals surface area contributed by atoms with Crippen molar-refractivity contribution >= 4 is 28.5 Å². The highest BCUT2D eigenvalue weighted by Gasteiger charge is 2.44. The van der Waals surface area contributed by atoms with Crippen LogP contribution in [-0.2, 0) is 15.5 Å². The fraction of sp³-hybridized carbons (Fsp3) is 0.190. The van der Waals surface area contributed by atoms with Gasteiger partial charge in [-0.3, -0.25) is 9.78 Å². The van der Waals surface area contributed by atoms with Crippen molar-refractivity contribution in [2.45, 2.75) is 12.8 Å². The highest BCUT2D eigenvalue weighted by molar-refractivity contribution is 6.09. The van der Waals surface area contributed by atoms with Crippen molar-refractivity contribution in [2.75, 3.05) is 19.0 Å². The fourth-order valence-electron chi connectivity index (χ4n) is 2.82. The van der Waals surface area contributed by atoms with Crippen molar-refractivity contribution in [2.24, 2.45) is 0 Å². The summed E-state index contributed by atoms with van der Waals surface area (Å²) in [6.07, 6.45) is 1.41. The molecule has 6 nitrogen and oxygen atoms in total. The van der Waals surface area contributed by atoms with Gasteiger partial charge in [0, 0.05) is 22.7 Å². The Labute approximate surface area is 165 Å². The number of carbonyl (C=O) groups is 2. The number of nitrogens with one attached hydrogen (secondary N) is 1. The van der Waals surface area contributed by atoms with Gasteiger partial charge in [0.2, 0.25) is 0 Å². The second kappa shape index (κ2) is 8.22. The van der Waals surface area contributed by atoms with E-state index < -0.39 is 23.4 Å². The molecule has 0 aliphatic rings. The number of anilines is 1. The molecule has 0 unspecified atom stereocenters. The average molecular weight is 400 g/mol. The number of halogens is 2. The largest absolute Gasteiger partial charge is 0.497 e. The molecule has 1 amide bonds. The van der Waals surface area contributed by atoms with E-state index in [0.29, 0.717) is 11.3 Å². The Morgan fingerprint density at radius 1 is 1.10 bits per heavy atom. The summed E-state index contributed by atoms with van der Waals surface area (Å²) in [5.74, 6) is -5.33. The van der Waals surface area contributed by atoms with Crippen LogP contribution in [0, 0.1) is 0 Å². The van der Waals surface area contributed by atoms with E-state index in [1.54, 1.807) is 24.3 Å². The van der Waals surface area contributed by atoms with E-state index >= 15 is 0 Å². The number of benzene rings is 2. The number of alkyl halides is 2. The van der Waals surface area contributed by atoms with E-state index in [1.807, 2.05) is 0 Å². The number of hydrogen-bond acceptors (Lipinski definition) is 5. The third-order valence-corrected chi connectivity index (χ3v) is 4.24. The first-order valence-electron chi connectivity index (χ1n) is 8.77. The van der Waals surface area contributed by atoms with Crippen molar-refractivity contribution in [3.8, 4) is 5.75 Å². The zero-order chi connectivity index (χ0) is 21.0. The van der Waals surface area contributed by atoms with Gasteiger partial charge in [-0.2, -0.15) is 8.78 Å². The Morgan fingerprint density at radius 3 is 2.48 bits per heavy atom. The lowest BCUT2D eigenvalue weighted by molar-refractivity contribution is -0.172. The lowest BCUT2D eigenvalue weighted by Gasteiger charge is -2.18. The third-order valence-electron chi connectivity index (χ3n) is 4.24. The number of hydrogen-bond donors (Lipinski definition) is 1. The van der Waals surface area contributed by atoms with Gasteiger partial charge in [0.25, 0.3) is 5.91 Å². The molecule has 0 saturated heterocycles. The first kappa shape index (κ1) is 20.2. The summed E-state index contributed by atoms with van der Waals surface area (Å²) >= 11 is 0. The number of rotatable bonds is 6. The number of amides is 1. The highest BCUT2D eigenvalue weighted by atomic mass is 19.3. The number of carbonyl (C=O) groups excluding carboxylic acids is 2. The molecule has 0 bridgehead atoms. The summed E-state index contributed by atoms with van der Waals surface area (Å²) in [6, 6.07) is 11.7. The van der Waals surface area contributed by atoms with Gasteiger partial charge < -0.3 is 14.8 Å². The first-order valence-corrected chi connectivity index (χ1v) is 8.77. The van der Waals surface area contributed by atoms with E-state index in [0.717, 1.165) is 6.07 Å². The van der Waals surface area contributed by atoms with Gasteiger partial charge in [-0.25, -0.2) is 4.79 Å². The maximum Gasteiger partial charge on any atom is 0.382 e. The summed E-state index contributed by atoms with van der Waals surface area (Å²) in [7, 11) is 1.51. The number of methoxy groups -OCH3 is 1. The molecule has 2 aromatic carbocycles. The Hall–Kier alpha value is -3.55. The van der Waals surface area contributed by atoms with E-state index in [-0.39, 0.29) is 23.2 Å². The van der Waals surface area contributed by atoms with Gasteiger partial charge in [0.1, 0.15) is 5.75 Å². The van der Waals surface area contributed by atoms with Crippen LogP contribution in [0.4, 0.5) is 14.5 Å². The number of fused-ring (bicyclic) bond motifs is 1. The Balaban J connectivity index is 1.98. The van der Waals surface area contributed by atoms with E-state index in [1.165, 1.54) is 38.4 Å². The molecule has 0 atom stereocenters. The van der Waals surface area contributed by atoms with Crippen molar-refractivity contribution in [1.29, 1.82) is 0 Å². The Morgan fingerprint density at radius 2 is 1.83 bits per heavy atom. The van der Waals surface area contributed by atoms with Crippen molar-refractivity contribution in [3.63, 3.8) is 0 Å². The molecule has 1 N–H and O–H groups in total. The van der Waals surface area contributed by atoms with Gasteiger partial charge in [-0.05, 0) is 49.4 Å². The second-order valence-electron chi connectivity index (χ2n) is 6.04. The van der Waals surface area contributed by atoms with Crippen LogP contribution in [0.1, 0.15) is 22.8 Å². The standard InChI is InChI=1S/C21H18F2N2O4/c1-3-29-20(27)21(22,23)16-10-11-17(18-15(16)5-4-12-24-18)25-19(26)13-6-8-14(28-2)9-7-13/h4-12H,3H2,1-2H3,(H,25,26). The lowest BCUT2D eigenvalue weighted by atomic mass is 10.0. The van der Waals surface area contributed by atoms with E-state index in [4.69, 9.17) is 4.74 Å². The third kappa shape index (κ3) is 4.01. The highest BCUT2D eigenvalue weighted by Crippen LogP contribution is 2.37. The quantitative estimate of drug-likeness (QED) is 0.629. The average Bonchev–Trinajstić information content (AvgIpc) is 2.74. The molecule has 1 aromatic heterocycles. The number of esters is 1. The molecule has 29 heavy (non-hydrogen) atoms. The second-order valence-corrected chi connectivity index (χ2v) is 6.04. The van der Waals surface area contributed by atoms with Crippen LogP contribution in [0.25, 0.3) is 10.9 Å². The zero-order valence-electron chi connectivity index (χ0n) is 15.7. The minimum absolute atomic E-state index is 0.0399. The summed E-state index contributed by atoms with van der Waals surface area (Å²) < 4.78 is 38.7. The molecule has 0 fully saturated rings. The summed E-state index contributed by atoms with van der Waals surface area (Å²) in [5, 5.41) is 2.71. The van der Waals surface area contributed by atoms with Gasteiger partial charge in [0.05, 0.1) is 24.9 Å². The minimum atomic E-state index is -3.85. The van der Waals surface area contributed by atoms with Crippen molar-refractivity contribution in [1.82, 2.24) is 4.98 Å². The molecule has 0 radical (unpaired) electrons. The van der Waals surface area contributed by atoms with Crippen molar-refractivity contribution < 1.29 is 27.8 Å². The summed E-state index contributed by atoms with van der Waals surface area (Å²) in [6.45, 7) is 1.28. The van der Waals surface area contributed by atoms with Crippen molar-refractivity contribution in [3.05, 3.63) is 65.9 Å². The smallest absolute Gasteiger partial charge is 0.382 e. The number of ether oxygens (including phenoxy) is 2. The monoisotopic (exact) mass is 400 g/mol. The number of aromatic nitrogens is 1. The molecule has 0 aliphatic carbocycles. The van der Waals surface area contributed by atoms with Gasteiger partial charge in [0.15, 0.2) is 0 Å². The maximum absolute atomic E-state index is 14.6. The molecular formula is C21H18F2N2O4. The van der Waals surface area contributed by atoms with Crippen LogP contribution < -0.4 is 10.1 Å². The molecule has 1 heterocycles.